The summed E-state index contributed by atoms with van der Waals surface area (Å²) in [4.78, 5) is 11.7. The first kappa shape index (κ1) is 17.7. The van der Waals surface area contributed by atoms with Crippen molar-refractivity contribution in [3.63, 3.8) is 0 Å². The predicted molar refractivity (Wildman–Crippen MR) is 76.6 cm³/mol. The Morgan fingerprint density at radius 2 is 1.62 bits per heavy atom. The normalized spacial score (nSPS) is 11.9. The van der Waals surface area contributed by atoms with E-state index in [4.69, 9.17) is 4.74 Å². The van der Waals surface area contributed by atoms with Gasteiger partial charge in [0.05, 0.1) is 0 Å². The smallest absolute Gasteiger partial charge is 0.251 e. The van der Waals surface area contributed by atoms with Crippen LogP contribution in [0.25, 0.3) is 0 Å². The van der Waals surface area contributed by atoms with Crippen LogP contribution in [0.5, 0.6) is 5.75 Å². The molecule has 1 unspecified atom stereocenters. The maximum absolute atomic E-state index is 13.0. The third-order valence-electron chi connectivity index (χ3n) is 3.01. The molecule has 0 aliphatic rings. The standard InChI is InChI=1S/C16H13F4NO3/c17-12-3-1-9(5-14(12)19)16(23)21-7-10(22)8-24-11-2-4-13(18)15(20)6-11/h1-6,10,22H,7-8H2,(H,21,23). The van der Waals surface area contributed by atoms with Crippen molar-refractivity contribution in [3.05, 3.63) is 65.2 Å². The van der Waals surface area contributed by atoms with Crippen molar-refractivity contribution in [2.75, 3.05) is 13.2 Å². The van der Waals surface area contributed by atoms with Crippen molar-refractivity contribution >= 4 is 5.91 Å². The fourth-order valence-electron chi connectivity index (χ4n) is 1.77. The molecule has 1 amide bonds. The summed E-state index contributed by atoms with van der Waals surface area (Å²) in [7, 11) is 0. The number of hydrogen-bond donors (Lipinski definition) is 2. The van der Waals surface area contributed by atoms with Gasteiger partial charge in [0.15, 0.2) is 23.3 Å². The van der Waals surface area contributed by atoms with Crippen LogP contribution in [0.3, 0.4) is 0 Å². The van der Waals surface area contributed by atoms with E-state index in [0.29, 0.717) is 0 Å². The molecule has 0 saturated heterocycles. The minimum Gasteiger partial charge on any atom is -0.491 e. The number of halogens is 4. The van der Waals surface area contributed by atoms with E-state index in [2.05, 4.69) is 5.32 Å². The molecule has 4 nitrogen and oxygen atoms in total. The summed E-state index contributed by atoms with van der Waals surface area (Å²) in [6.45, 7) is -0.523. The molecule has 0 bridgehead atoms. The fraction of sp³-hybridized carbons (Fsp3) is 0.188. The van der Waals surface area contributed by atoms with E-state index in [9.17, 15) is 27.5 Å². The van der Waals surface area contributed by atoms with Crippen molar-refractivity contribution in [3.8, 4) is 5.75 Å². The van der Waals surface area contributed by atoms with Gasteiger partial charge in [0.25, 0.3) is 5.91 Å². The molecule has 0 aliphatic carbocycles. The number of benzene rings is 2. The van der Waals surface area contributed by atoms with E-state index in [1.807, 2.05) is 0 Å². The molecule has 0 heterocycles. The van der Waals surface area contributed by atoms with Crippen molar-refractivity contribution in [2.24, 2.45) is 0 Å². The Labute approximate surface area is 134 Å². The van der Waals surface area contributed by atoms with Crippen LogP contribution < -0.4 is 10.1 Å². The number of nitrogens with one attached hydrogen (secondary N) is 1. The van der Waals surface area contributed by atoms with Crippen molar-refractivity contribution in [1.29, 1.82) is 0 Å². The zero-order chi connectivity index (χ0) is 17.7. The Morgan fingerprint density at radius 3 is 2.25 bits per heavy atom. The van der Waals surface area contributed by atoms with Crippen molar-refractivity contribution in [1.82, 2.24) is 5.32 Å². The van der Waals surface area contributed by atoms with Crippen LogP contribution in [0.1, 0.15) is 10.4 Å². The molecule has 1 atom stereocenters. The lowest BCUT2D eigenvalue weighted by molar-refractivity contribution is 0.0842. The third-order valence-corrected chi connectivity index (χ3v) is 3.01. The second kappa shape index (κ2) is 7.78. The highest BCUT2D eigenvalue weighted by Gasteiger charge is 2.12. The second-order valence-corrected chi connectivity index (χ2v) is 4.88. The van der Waals surface area contributed by atoms with E-state index >= 15 is 0 Å². The van der Waals surface area contributed by atoms with Crippen LogP contribution in [-0.4, -0.2) is 30.3 Å². The fourth-order valence-corrected chi connectivity index (χ4v) is 1.77. The first-order valence-corrected chi connectivity index (χ1v) is 6.86. The molecular formula is C16H13F4NO3. The van der Waals surface area contributed by atoms with E-state index in [1.54, 1.807) is 0 Å². The Hall–Kier alpha value is -2.61. The van der Waals surface area contributed by atoms with E-state index < -0.39 is 35.3 Å². The van der Waals surface area contributed by atoms with Gasteiger partial charge in [0, 0.05) is 18.2 Å². The van der Waals surface area contributed by atoms with Gasteiger partial charge in [-0.2, -0.15) is 0 Å². The molecule has 0 aromatic heterocycles. The van der Waals surface area contributed by atoms with Gasteiger partial charge in [-0.15, -0.1) is 0 Å². The maximum atomic E-state index is 13.0. The van der Waals surface area contributed by atoms with Crippen LogP contribution in [0, 0.1) is 23.3 Å². The number of aliphatic hydroxyl groups excluding tert-OH is 1. The molecule has 2 rings (SSSR count). The van der Waals surface area contributed by atoms with Crippen LogP contribution in [0.15, 0.2) is 36.4 Å². The minimum atomic E-state index is -1.16. The SMILES string of the molecule is O=C(NCC(O)COc1ccc(F)c(F)c1)c1ccc(F)c(F)c1. The highest BCUT2D eigenvalue weighted by atomic mass is 19.2. The van der Waals surface area contributed by atoms with Crippen LogP contribution in [0.4, 0.5) is 17.6 Å². The monoisotopic (exact) mass is 343 g/mol. The summed E-state index contributed by atoms with van der Waals surface area (Å²) in [5.41, 5.74) is -0.109. The van der Waals surface area contributed by atoms with Crippen LogP contribution >= 0.6 is 0 Å². The molecule has 0 radical (unpaired) electrons. The molecule has 0 spiro atoms. The highest BCUT2D eigenvalue weighted by Crippen LogP contribution is 2.15. The van der Waals surface area contributed by atoms with Crippen molar-refractivity contribution in [2.45, 2.75) is 6.10 Å². The van der Waals surface area contributed by atoms with Gasteiger partial charge in [-0.1, -0.05) is 0 Å². The van der Waals surface area contributed by atoms with Crippen LogP contribution in [0.2, 0.25) is 0 Å². The molecule has 2 aromatic carbocycles. The van der Waals surface area contributed by atoms with Gasteiger partial charge < -0.3 is 15.2 Å². The van der Waals surface area contributed by atoms with E-state index in [0.717, 1.165) is 30.3 Å². The quantitative estimate of drug-likeness (QED) is 0.792. The number of carbonyl (C=O) groups excluding carboxylic acids is 1. The zero-order valence-corrected chi connectivity index (χ0v) is 12.2. The number of aliphatic hydroxyl groups is 1. The molecule has 128 valence electrons. The third kappa shape index (κ3) is 4.69. The Bertz CT molecular complexity index is 739. The first-order chi connectivity index (χ1) is 11.4. The summed E-state index contributed by atoms with van der Waals surface area (Å²) in [5, 5.41) is 12.0. The summed E-state index contributed by atoms with van der Waals surface area (Å²) in [6, 6.07) is 5.52. The minimum absolute atomic E-state index is 0.0138. The average Bonchev–Trinajstić information content (AvgIpc) is 2.56. The number of carbonyl (C=O) groups is 1. The molecule has 24 heavy (non-hydrogen) atoms. The van der Waals surface area contributed by atoms with Gasteiger partial charge >= 0.3 is 0 Å². The highest BCUT2D eigenvalue weighted by molar-refractivity contribution is 5.94. The van der Waals surface area contributed by atoms with Crippen LogP contribution in [-0.2, 0) is 0 Å². The molecule has 0 fully saturated rings. The van der Waals surface area contributed by atoms with Gasteiger partial charge in [-0.05, 0) is 30.3 Å². The number of rotatable bonds is 6. The Balaban J connectivity index is 1.81. The van der Waals surface area contributed by atoms with E-state index in [-0.39, 0.29) is 24.5 Å². The van der Waals surface area contributed by atoms with Crippen molar-refractivity contribution < 1.29 is 32.2 Å². The number of amides is 1. The molecule has 2 aromatic rings. The largest absolute Gasteiger partial charge is 0.491 e. The topological polar surface area (TPSA) is 58.6 Å². The summed E-state index contributed by atoms with van der Waals surface area (Å²) in [5.74, 6) is -5.05. The number of hydrogen-bond acceptors (Lipinski definition) is 3. The average molecular weight is 343 g/mol. The zero-order valence-electron chi connectivity index (χ0n) is 12.2. The number of ether oxygens (including phenoxy) is 1. The molecule has 8 heteroatoms. The lowest BCUT2D eigenvalue weighted by atomic mass is 10.2. The molecule has 0 saturated carbocycles. The molecular weight excluding hydrogens is 330 g/mol. The summed E-state index contributed by atoms with van der Waals surface area (Å²) < 4.78 is 56.6. The lowest BCUT2D eigenvalue weighted by Gasteiger charge is -2.13. The van der Waals surface area contributed by atoms with Gasteiger partial charge in [0.2, 0.25) is 0 Å². The van der Waals surface area contributed by atoms with E-state index in [1.165, 1.54) is 6.07 Å². The Kier molecular flexibility index (Phi) is 5.75. The second-order valence-electron chi connectivity index (χ2n) is 4.88. The van der Waals surface area contributed by atoms with Gasteiger partial charge in [-0.3, -0.25) is 4.79 Å². The van der Waals surface area contributed by atoms with Gasteiger partial charge in [0.1, 0.15) is 18.5 Å². The summed E-state index contributed by atoms with van der Waals surface area (Å²) >= 11 is 0. The van der Waals surface area contributed by atoms with Gasteiger partial charge in [-0.25, -0.2) is 17.6 Å². The Morgan fingerprint density at radius 1 is 1.00 bits per heavy atom. The molecule has 2 N–H and O–H groups in total. The maximum Gasteiger partial charge on any atom is 0.251 e. The predicted octanol–water partition coefficient (Wildman–Crippen LogP) is 2.41. The molecule has 0 aliphatic heterocycles. The first-order valence-electron chi connectivity index (χ1n) is 6.86. The lowest BCUT2D eigenvalue weighted by Crippen LogP contribution is -2.35. The summed E-state index contributed by atoms with van der Waals surface area (Å²) in [6.07, 6.45) is -1.15.